The molecule has 0 aliphatic rings. The Bertz CT molecular complexity index is 1280. The minimum atomic E-state index is -0.605. The molecule has 1 N–H and O–H groups in total. The summed E-state index contributed by atoms with van der Waals surface area (Å²) in [5.74, 6) is -0.299. The van der Waals surface area contributed by atoms with E-state index in [1.165, 1.54) is 0 Å². The summed E-state index contributed by atoms with van der Waals surface area (Å²) >= 11 is 0. The van der Waals surface area contributed by atoms with Crippen LogP contribution in [-0.4, -0.2) is 40.4 Å². The van der Waals surface area contributed by atoms with Crippen LogP contribution in [0.1, 0.15) is 22.8 Å². The molecule has 8 heteroatoms. The number of pyridine rings is 1. The van der Waals surface area contributed by atoms with Crippen molar-refractivity contribution in [3.63, 3.8) is 0 Å². The Morgan fingerprint density at radius 2 is 1.88 bits per heavy atom. The third kappa shape index (κ3) is 5.01. The highest BCUT2D eigenvalue weighted by molar-refractivity contribution is 6.04. The lowest BCUT2D eigenvalue weighted by molar-refractivity contribution is -0.124. The lowest BCUT2D eigenvalue weighted by Gasteiger charge is -2.10. The summed E-state index contributed by atoms with van der Waals surface area (Å²) in [6.07, 6.45) is 1.60. The van der Waals surface area contributed by atoms with E-state index >= 15 is 0 Å². The second-order valence-corrected chi connectivity index (χ2v) is 7.32. The van der Waals surface area contributed by atoms with Gasteiger partial charge in [-0.1, -0.05) is 42.5 Å². The second-order valence-electron chi connectivity index (χ2n) is 7.32. The Kier molecular flexibility index (Phi) is 6.64. The van der Waals surface area contributed by atoms with Crippen molar-refractivity contribution in [3.05, 3.63) is 78.0 Å². The van der Waals surface area contributed by atoms with Crippen LogP contribution in [0.25, 0.3) is 22.3 Å². The van der Waals surface area contributed by atoms with Crippen molar-refractivity contribution in [2.75, 3.05) is 13.7 Å². The molecular weight excluding hydrogens is 420 g/mol. The van der Waals surface area contributed by atoms with E-state index in [-0.39, 0.29) is 0 Å². The number of hydrogen-bond donors (Lipinski definition) is 1. The van der Waals surface area contributed by atoms with Gasteiger partial charge in [0.25, 0.3) is 5.91 Å². The molecule has 0 atom stereocenters. The van der Waals surface area contributed by atoms with Crippen molar-refractivity contribution in [1.82, 2.24) is 20.1 Å². The molecule has 0 radical (unpaired) electrons. The van der Waals surface area contributed by atoms with Crippen LogP contribution in [-0.2, 0) is 22.6 Å². The number of carbonyl (C=O) groups is 2. The Hall–Kier alpha value is -4.20. The van der Waals surface area contributed by atoms with Gasteiger partial charge in [-0.3, -0.25) is 4.79 Å². The number of nitrogens with zero attached hydrogens (tertiary/aromatic N) is 3. The molecule has 4 aromatic rings. The minimum absolute atomic E-state index is 0.300. The molecule has 33 heavy (non-hydrogen) atoms. The number of carbonyl (C=O) groups excluding carboxylic acids is 2. The summed E-state index contributed by atoms with van der Waals surface area (Å²) in [4.78, 5) is 29.9. The fourth-order valence-corrected chi connectivity index (χ4v) is 3.45. The van der Waals surface area contributed by atoms with Crippen molar-refractivity contribution in [2.24, 2.45) is 0 Å². The summed E-state index contributed by atoms with van der Waals surface area (Å²) in [5, 5.41) is 7.65. The average molecular weight is 444 g/mol. The van der Waals surface area contributed by atoms with Crippen molar-refractivity contribution >= 4 is 22.9 Å². The van der Waals surface area contributed by atoms with Gasteiger partial charge in [-0.25, -0.2) is 14.5 Å². The molecule has 0 aliphatic heterocycles. The molecule has 2 aromatic heterocycles. The van der Waals surface area contributed by atoms with Crippen molar-refractivity contribution in [1.29, 1.82) is 0 Å². The van der Waals surface area contributed by atoms with Gasteiger partial charge in [0.05, 0.1) is 30.0 Å². The smallest absolute Gasteiger partial charge is 0.339 e. The fraction of sp³-hybridized carbons (Fsp3) is 0.200. The van der Waals surface area contributed by atoms with Gasteiger partial charge >= 0.3 is 5.97 Å². The SMILES string of the molecule is CCn1ncc2c(C(=O)OCC(=O)NCc3cccc(OC)c3)cc(-c3ccccc3)nc21. The number of benzene rings is 2. The first-order chi connectivity index (χ1) is 16.1. The van der Waals surface area contributed by atoms with Gasteiger partial charge in [0.1, 0.15) is 5.75 Å². The number of ether oxygens (including phenoxy) is 2. The van der Waals surface area contributed by atoms with Crippen molar-refractivity contribution in [2.45, 2.75) is 20.0 Å². The molecule has 0 saturated carbocycles. The number of hydrogen-bond acceptors (Lipinski definition) is 6. The van der Waals surface area contributed by atoms with Crippen LogP contribution in [0.15, 0.2) is 66.9 Å². The van der Waals surface area contributed by atoms with Gasteiger partial charge < -0.3 is 14.8 Å². The minimum Gasteiger partial charge on any atom is -0.497 e. The second kappa shape index (κ2) is 9.95. The lowest BCUT2D eigenvalue weighted by atomic mass is 10.1. The topological polar surface area (TPSA) is 95.3 Å². The zero-order chi connectivity index (χ0) is 23.2. The van der Waals surface area contributed by atoms with Gasteiger partial charge in [0.2, 0.25) is 0 Å². The summed E-state index contributed by atoms with van der Waals surface area (Å²) < 4.78 is 12.2. The number of nitrogens with one attached hydrogen (secondary N) is 1. The summed E-state index contributed by atoms with van der Waals surface area (Å²) in [6.45, 7) is 2.47. The molecule has 0 spiro atoms. The van der Waals surface area contributed by atoms with Crippen molar-refractivity contribution < 1.29 is 19.1 Å². The summed E-state index contributed by atoms with van der Waals surface area (Å²) in [7, 11) is 1.58. The van der Waals surface area contributed by atoms with E-state index in [0.29, 0.717) is 41.1 Å². The number of aryl methyl sites for hydroxylation is 1. The monoisotopic (exact) mass is 444 g/mol. The first kappa shape index (κ1) is 22.0. The number of fused-ring (bicyclic) bond motifs is 1. The number of methoxy groups -OCH3 is 1. The first-order valence-corrected chi connectivity index (χ1v) is 10.6. The number of rotatable bonds is 8. The summed E-state index contributed by atoms with van der Waals surface area (Å²) in [6, 6.07) is 18.6. The maximum Gasteiger partial charge on any atom is 0.339 e. The molecular formula is C25H24N4O4. The highest BCUT2D eigenvalue weighted by Crippen LogP contribution is 2.25. The molecule has 1 amide bonds. The van der Waals surface area contributed by atoms with Gasteiger partial charge in [0, 0.05) is 18.7 Å². The molecule has 8 nitrogen and oxygen atoms in total. The fourth-order valence-electron chi connectivity index (χ4n) is 3.45. The van der Waals surface area contributed by atoms with Gasteiger partial charge in [-0.15, -0.1) is 0 Å². The molecule has 2 heterocycles. The van der Waals surface area contributed by atoms with E-state index < -0.39 is 18.5 Å². The van der Waals surface area contributed by atoms with E-state index in [1.807, 2.05) is 61.5 Å². The zero-order valence-electron chi connectivity index (χ0n) is 18.4. The summed E-state index contributed by atoms with van der Waals surface area (Å²) in [5.41, 5.74) is 3.29. The first-order valence-electron chi connectivity index (χ1n) is 10.6. The predicted molar refractivity (Wildman–Crippen MR) is 124 cm³/mol. The van der Waals surface area contributed by atoms with Crippen LogP contribution >= 0.6 is 0 Å². The molecule has 0 unspecified atom stereocenters. The van der Waals surface area contributed by atoms with E-state index in [1.54, 1.807) is 24.1 Å². The van der Waals surface area contributed by atoms with Crippen LogP contribution in [0.5, 0.6) is 5.75 Å². The van der Waals surface area contributed by atoms with Gasteiger partial charge in [-0.2, -0.15) is 5.10 Å². The molecule has 168 valence electrons. The van der Waals surface area contributed by atoms with Crippen LogP contribution in [0.2, 0.25) is 0 Å². The predicted octanol–water partition coefficient (Wildman–Crippen LogP) is 3.60. The highest BCUT2D eigenvalue weighted by atomic mass is 16.5. The molecule has 2 aromatic carbocycles. The molecule has 0 aliphatic carbocycles. The zero-order valence-corrected chi connectivity index (χ0v) is 18.4. The van der Waals surface area contributed by atoms with E-state index in [2.05, 4.69) is 10.4 Å². The van der Waals surface area contributed by atoms with E-state index in [9.17, 15) is 9.59 Å². The molecule has 0 bridgehead atoms. The van der Waals surface area contributed by atoms with E-state index in [4.69, 9.17) is 14.5 Å². The molecule has 4 rings (SSSR count). The molecule has 0 fully saturated rings. The van der Waals surface area contributed by atoms with Crippen LogP contribution in [0.4, 0.5) is 0 Å². The average Bonchev–Trinajstić information content (AvgIpc) is 3.29. The van der Waals surface area contributed by atoms with Crippen molar-refractivity contribution in [3.8, 4) is 17.0 Å². The largest absolute Gasteiger partial charge is 0.497 e. The highest BCUT2D eigenvalue weighted by Gasteiger charge is 2.19. The van der Waals surface area contributed by atoms with E-state index in [0.717, 1.165) is 11.1 Å². The standard InChI is InChI=1S/C25H24N4O4/c1-3-29-24-21(15-27-29)20(13-22(28-24)18-9-5-4-6-10-18)25(31)33-16-23(30)26-14-17-8-7-11-19(12-17)32-2/h4-13,15H,3,14,16H2,1-2H3,(H,26,30). The Balaban J connectivity index is 1.49. The third-order valence-corrected chi connectivity index (χ3v) is 5.16. The van der Waals surface area contributed by atoms with Gasteiger partial charge in [-0.05, 0) is 30.7 Å². The third-order valence-electron chi connectivity index (χ3n) is 5.16. The normalized spacial score (nSPS) is 10.7. The number of amides is 1. The maximum absolute atomic E-state index is 12.9. The van der Waals surface area contributed by atoms with Gasteiger partial charge in [0.15, 0.2) is 12.3 Å². The number of esters is 1. The van der Waals surface area contributed by atoms with Crippen LogP contribution in [0, 0.1) is 0 Å². The Morgan fingerprint density at radius 1 is 1.06 bits per heavy atom. The lowest BCUT2D eigenvalue weighted by Crippen LogP contribution is -2.28. The quantitative estimate of drug-likeness (QED) is 0.417. The number of aromatic nitrogens is 3. The van der Waals surface area contributed by atoms with Crippen LogP contribution in [0.3, 0.4) is 0 Å². The van der Waals surface area contributed by atoms with Crippen LogP contribution < -0.4 is 10.1 Å². The Morgan fingerprint density at radius 3 is 2.64 bits per heavy atom. The molecule has 0 saturated heterocycles. The Labute approximate surface area is 191 Å². The maximum atomic E-state index is 12.9.